The van der Waals surface area contributed by atoms with E-state index in [4.69, 9.17) is 4.74 Å². The molecule has 3 atom stereocenters. The van der Waals surface area contributed by atoms with E-state index < -0.39 is 0 Å². The highest BCUT2D eigenvalue weighted by molar-refractivity contribution is 4.85. The summed E-state index contributed by atoms with van der Waals surface area (Å²) >= 11 is 0. The number of ether oxygens (including phenoxy) is 1. The van der Waals surface area contributed by atoms with Gasteiger partial charge in [0.15, 0.2) is 0 Å². The Balaban J connectivity index is 2.39. The molecule has 1 rings (SSSR count). The minimum absolute atomic E-state index is 0.463. The van der Waals surface area contributed by atoms with E-state index >= 15 is 0 Å². The van der Waals surface area contributed by atoms with Crippen LogP contribution in [0.25, 0.3) is 0 Å². The van der Waals surface area contributed by atoms with E-state index in [1.54, 1.807) is 0 Å². The maximum absolute atomic E-state index is 6.01. The molecule has 0 aliphatic heterocycles. The molecule has 0 spiro atoms. The monoisotopic (exact) mass is 227 g/mol. The van der Waals surface area contributed by atoms with Crippen LogP contribution in [-0.2, 0) is 4.74 Å². The maximum Gasteiger partial charge on any atom is 0.0730 e. The standard InChI is InChI=1S/C14H29NO/c1-4-9-15-13-8-7-12(6-3)11-14(13)16-10-5-2/h12-15H,4-11H2,1-3H3. The molecule has 0 radical (unpaired) electrons. The third kappa shape index (κ3) is 4.42. The molecule has 2 nitrogen and oxygen atoms in total. The summed E-state index contributed by atoms with van der Waals surface area (Å²) in [6.07, 6.45) is 8.06. The van der Waals surface area contributed by atoms with Gasteiger partial charge in [-0.05, 0) is 44.6 Å². The second-order valence-electron chi connectivity index (χ2n) is 5.06. The van der Waals surface area contributed by atoms with Crippen LogP contribution in [0, 0.1) is 5.92 Å². The normalized spacial score (nSPS) is 30.6. The van der Waals surface area contributed by atoms with Gasteiger partial charge >= 0.3 is 0 Å². The first-order chi connectivity index (χ1) is 7.81. The zero-order valence-electron chi connectivity index (χ0n) is 11.3. The number of nitrogens with one attached hydrogen (secondary N) is 1. The van der Waals surface area contributed by atoms with Gasteiger partial charge in [0.25, 0.3) is 0 Å². The van der Waals surface area contributed by atoms with Crippen LogP contribution in [0.15, 0.2) is 0 Å². The Labute approximate surface area is 101 Å². The summed E-state index contributed by atoms with van der Waals surface area (Å²) in [6, 6.07) is 0.606. The minimum atomic E-state index is 0.463. The fourth-order valence-corrected chi connectivity index (χ4v) is 2.60. The van der Waals surface area contributed by atoms with Gasteiger partial charge in [-0.3, -0.25) is 0 Å². The van der Waals surface area contributed by atoms with Crippen LogP contribution >= 0.6 is 0 Å². The fourth-order valence-electron chi connectivity index (χ4n) is 2.60. The molecule has 0 aromatic rings. The van der Waals surface area contributed by atoms with Crippen LogP contribution in [0.1, 0.15) is 59.3 Å². The molecule has 1 aliphatic rings. The van der Waals surface area contributed by atoms with Gasteiger partial charge in [-0.15, -0.1) is 0 Å². The molecule has 0 amide bonds. The van der Waals surface area contributed by atoms with Crippen molar-refractivity contribution in [3.05, 3.63) is 0 Å². The first-order valence-corrected chi connectivity index (χ1v) is 7.16. The van der Waals surface area contributed by atoms with Crippen molar-refractivity contribution in [1.29, 1.82) is 0 Å². The number of rotatable bonds is 7. The second-order valence-corrected chi connectivity index (χ2v) is 5.06. The second kappa shape index (κ2) is 8.08. The van der Waals surface area contributed by atoms with E-state index in [-0.39, 0.29) is 0 Å². The lowest BCUT2D eigenvalue weighted by Gasteiger charge is -2.36. The number of hydrogen-bond donors (Lipinski definition) is 1. The molecule has 0 aromatic carbocycles. The molecule has 1 fully saturated rings. The summed E-state index contributed by atoms with van der Waals surface area (Å²) in [5.41, 5.74) is 0. The zero-order chi connectivity index (χ0) is 11.8. The largest absolute Gasteiger partial charge is 0.377 e. The molecule has 2 heteroatoms. The molecule has 0 saturated heterocycles. The molecule has 1 N–H and O–H groups in total. The van der Waals surface area contributed by atoms with Gasteiger partial charge < -0.3 is 10.1 Å². The smallest absolute Gasteiger partial charge is 0.0730 e. The first kappa shape index (κ1) is 14.0. The summed E-state index contributed by atoms with van der Waals surface area (Å²) < 4.78 is 6.01. The Morgan fingerprint density at radius 3 is 2.56 bits per heavy atom. The van der Waals surface area contributed by atoms with Crippen molar-refractivity contribution < 1.29 is 4.74 Å². The fraction of sp³-hybridized carbons (Fsp3) is 1.00. The molecular weight excluding hydrogens is 198 g/mol. The molecule has 0 bridgehead atoms. The summed E-state index contributed by atoms with van der Waals surface area (Å²) in [4.78, 5) is 0. The summed E-state index contributed by atoms with van der Waals surface area (Å²) in [5, 5.41) is 3.65. The lowest BCUT2D eigenvalue weighted by molar-refractivity contribution is -0.0100. The van der Waals surface area contributed by atoms with Crippen LogP contribution in [0.3, 0.4) is 0 Å². The van der Waals surface area contributed by atoms with Crippen molar-refractivity contribution in [2.45, 2.75) is 71.4 Å². The van der Waals surface area contributed by atoms with E-state index in [1.807, 2.05) is 0 Å². The predicted molar refractivity (Wildman–Crippen MR) is 69.7 cm³/mol. The molecule has 0 aromatic heterocycles. The molecule has 0 heterocycles. The Hall–Kier alpha value is -0.0800. The van der Waals surface area contributed by atoms with Crippen molar-refractivity contribution in [3.8, 4) is 0 Å². The quantitative estimate of drug-likeness (QED) is 0.720. The van der Waals surface area contributed by atoms with E-state index in [0.717, 1.165) is 25.5 Å². The molecule has 96 valence electrons. The van der Waals surface area contributed by atoms with Gasteiger partial charge in [0.05, 0.1) is 6.10 Å². The van der Waals surface area contributed by atoms with Crippen LogP contribution < -0.4 is 5.32 Å². The molecule has 1 aliphatic carbocycles. The summed E-state index contributed by atoms with van der Waals surface area (Å²) in [5.74, 6) is 0.890. The van der Waals surface area contributed by atoms with Crippen molar-refractivity contribution in [1.82, 2.24) is 5.32 Å². The highest BCUT2D eigenvalue weighted by Gasteiger charge is 2.29. The lowest BCUT2D eigenvalue weighted by atomic mass is 9.82. The van der Waals surface area contributed by atoms with Crippen molar-refractivity contribution >= 4 is 0 Å². The Bertz CT molecular complexity index is 172. The van der Waals surface area contributed by atoms with Crippen LogP contribution in [0.2, 0.25) is 0 Å². The lowest BCUT2D eigenvalue weighted by Crippen LogP contribution is -2.46. The summed E-state index contributed by atoms with van der Waals surface area (Å²) in [7, 11) is 0. The van der Waals surface area contributed by atoms with Gasteiger partial charge in [0.2, 0.25) is 0 Å². The molecular formula is C14H29NO. The van der Waals surface area contributed by atoms with Gasteiger partial charge in [0.1, 0.15) is 0 Å². The van der Waals surface area contributed by atoms with Crippen LogP contribution in [0.5, 0.6) is 0 Å². The SMILES string of the molecule is CCCNC1CCC(CC)CC1OCCC. The van der Waals surface area contributed by atoms with Gasteiger partial charge in [0, 0.05) is 12.6 Å². The average molecular weight is 227 g/mol. The van der Waals surface area contributed by atoms with E-state index in [2.05, 4.69) is 26.1 Å². The Morgan fingerprint density at radius 1 is 1.12 bits per heavy atom. The van der Waals surface area contributed by atoms with Crippen LogP contribution in [-0.4, -0.2) is 25.3 Å². The van der Waals surface area contributed by atoms with Crippen molar-refractivity contribution in [2.24, 2.45) is 5.92 Å². The summed E-state index contributed by atoms with van der Waals surface area (Å²) in [6.45, 7) is 8.78. The van der Waals surface area contributed by atoms with E-state index in [1.165, 1.54) is 32.1 Å². The third-order valence-corrected chi connectivity index (χ3v) is 3.67. The third-order valence-electron chi connectivity index (χ3n) is 3.67. The highest BCUT2D eigenvalue weighted by atomic mass is 16.5. The van der Waals surface area contributed by atoms with E-state index in [9.17, 15) is 0 Å². The van der Waals surface area contributed by atoms with Crippen molar-refractivity contribution in [3.63, 3.8) is 0 Å². The molecule has 16 heavy (non-hydrogen) atoms. The first-order valence-electron chi connectivity index (χ1n) is 7.16. The number of hydrogen-bond acceptors (Lipinski definition) is 2. The van der Waals surface area contributed by atoms with Gasteiger partial charge in [-0.2, -0.15) is 0 Å². The highest BCUT2D eigenvalue weighted by Crippen LogP contribution is 2.29. The van der Waals surface area contributed by atoms with Crippen LogP contribution in [0.4, 0.5) is 0 Å². The minimum Gasteiger partial charge on any atom is -0.377 e. The predicted octanol–water partition coefficient (Wildman–Crippen LogP) is 3.36. The topological polar surface area (TPSA) is 21.3 Å². The maximum atomic E-state index is 6.01. The van der Waals surface area contributed by atoms with E-state index in [0.29, 0.717) is 12.1 Å². The van der Waals surface area contributed by atoms with Gasteiger partial charge in [-0.25, -0.2) is 0 Å². The Morgan fingerprint density at radius 2 is 1.94 bits per heavy atom. The Kier molecular flexibility index (Phi) is 7.06. The van der Waals surface area contributed by atoms with Gasteiger partial charge in [-0.1, -0.05) is 27.2 Å². The molecule has 1 saturated carbocycles. The molecule has 3 unspecified atom stereocenters. The van der Waals surface area contributed by atoms with Crippen molar-refractivity contribution in [2.75, 3.05) is 13.2 Å². The zero-order valence-corrected chi connectivity index (χ0v) is 11.3. The average Bonchev–Trinajstić information content (AvgIpc) is 2.34.